The maximum atomic E-state index is 14.1. The zero-order valence-electron chi connectivity index (χ0n) is 22.6. The minimum atomic E-state index is -0.660. The molecule has 0 bridgehead atoms. The Labute approximate surface area is 258 Å². The monoisotopic (exact) mass is 666 g/mol. The first-order valence-electron chi connectivity index (χ1n) is 13.8. The number of carbonyl (C=O) groups is 4. The lowest BCUT2D eigenvalue weighted by Gasteiger charge is -2.44. The first kappa shape index (κ1) is 27.5. The molecule has 216 valence electrons. The molecule has 2 saturated heterocycles. The highest BCUT2D eigenvalue weighted by atomic mass is 79.9. The summed E-state index contributed by atoms with van der Waals surface area (Å²) < 4.78 is 5.85. The lowest BCUT2D eigenvalue weighted by atomic mass is 9.57. The van der Waals surface area contributed by atoms with Crippen LogP contribution in [-0.4, -0.2) is 45.6 Å². The Kier molecular flexibility index (Phi) is 6.86. The van der Waals surface area contributed by atoms with Crippen molar-refractivity contribution in [2.45, 2.75) is 31.8 Å². The number of likely N-dealkylation sites (tertiary alicyclic amines) is 2. The van der Waals surface area contributed by atoms with Gasteiger partial charge in [0.15, 0.2) is 11.5 Å². The standard InChI is InChI=1S/C31H27BrN2O6S2/c1-40-23-11-15(10-22(32)27(23)35)24-18-6-7-19-25(30(38)33(28(19)36)13-16-4-2-8-41-16)20(18)12-21-26(24)31(39)34(29(21)37)14-17-5-3-9-42-17/h2-6,8-11,19-21,24-26,35H,7,12-14H2,1H3/t19-,20+,21+,24-,25-,26+/m0/s1. The van der Waals surface area contributed by atoms with Gasteiger partial charge in [-0.2, -0.15) is 0 Å². The molecule has 0 unspecified atom stereocenters. The summed E-state index contributed by atoms with van der Waals surface area (Å²) >= 11 is 6.43. The Morgan fingerprint density at radius 1 is 0.881 bits per heavy atom. The molecule has 3 fully saturated rings. The Morgan fingerprint density at radius 2 is 1.50 bits per heavy atom. The number of imide groups is 2. The molecule has 11 heteroatoms. The van der Waals surface area contributed by atoms with E-state index in [0.29, 0.717) is 22.9 Å². The van der Waals surface area contributed by atoms with Gasteiger partial charge in [-0.1, -0.05) is 23.8 Å². The molecule has 1 aromatic carbocycles. The van der Waals surface area contributed by atoms with Crippen LogP contribution >= 0.6 is 38.6 Å². The molecule has 42 heavy (non-hydrogen) atoms. The van der Waals surface area contributed by atoms with E-state index in [-0.39, 0.29) is 54.1 Å². The van der Waals surface area contributed by atoms with Crippen LogP contribution in [0.25, 0.3) is 0 Å². The summed E-state index contributed by atoms with van der Waals surface area (Å²) in [6, 6.07) is 11.1. The highest BCUT2D eigenvalue weighted by Gasteiger charge is 2.62. The van der Waals surface area contributed by atoms with E-state index in [9.17, 15) is 24.3 Å². The summed E-state index contributed by atoms with van der Waals surface area (Å²) in [6.45, 7) is 0.452. The van der Waals surface area contributed by atoms with Gasteiger partial charge >= 0.3 is 0 Å². The summed E-state index contributed by atoms with van der Waals surface area (Å²) in [7, 11) is 1.46. The second-order valence-corrected chi connectivity index (χ2v) is 14.2. The number of aromatic hydroxyl groups is 1. The van der Waals surface area contributed by atoms with Gasteiger partial charge in [0.05, 0.1) is 48.3 Å². The number of hydrogen-bond acceptors (Lipinski definition) is 8. The van der Waals surface area contributed by atoms with Gasteiger partial charge in [0.1, 0.15) is 0 Å². The van der Waals surface area contributed by atoms with E-state index in [2.05, 4.69) is 15.9 Å². The summed E-state index contributed by atoms with van der Waals surface area (Å²) in [4.78, 5) is 60.1. The van der Waals surface area contributed by atoms with Gasteiger partial charge in [-0.15, -0.1) is 22.7 Å². The van der Waals surface area contributed by atoms with Gasteiger partial charge in [0.25, 0.3) is 0 Å². The molecular weight excluding hydrogens is 640 g/mol. The topological polar surface area (TPSA) is 104 Å². The highest BCUT2D eigenvalue weighted by Crippen LogP contribution is 2.59. The Morgan fingerprint density at radius 3 is 2.10 bits per heavy atom. The molecule has 2 aromatic heterocycles. The van der Waals surface area contributed by atoms with Gasteiger partial charge in [-0.3, -0.25) is 29.0 Å². The van der Waals surface area contributed by atoms with Crippen LogP contribution < -0.4 is 4.74 Å². The third-order valence-electron chi connectivity index (χ3n) is 9.25. The number of ether oxygens (including phenoxy) is 1. The molecule has 3 aromatic rings. The SMILES string of the molecule is COc1cc([C@H]2C3=CC[C@@H]4C(=O)N(Cc5cccs5)C(=O)[C@@H]4[C@@H]3C[C@H]3C(=O)N(Cc4cccs4)C(=O)[C@@H]23)cc(Br)c1O. The number of phenols is 1. The van der Waals surface area contributed by atoms with Crippen molar-refractivity contribution in [2.24, 2.45) is 29.6 Å². The van der Waals surface area contributed by atoms with Crippen LogP contribution in [-0.2, 0) is 32.3 Å². The van der Waals surface area contributed by atoms with Gasteiger partial charge in [0, 0.05) is 15.7 Å². The van der Waals surface area contributed by atoms with Crippen molar-refractivity contribution >= 4 is 62.2 Å². The number of carbonyl (C=O) groups excluding carboxylic acids is 4. The fourth-order valence-corrected chi connectivity index (χ4v) is 9.30. The fourth-order valence-electron chi connectivity index (χ4n) is 7.45. The zero-order chi connectivity index (χ0) is 29.3. The molecule has 6 atom stereocenters. The van der Waals surface area contributed by atoms with Crippen LogP contribution in [0.5, 0.6) is 11.5 Å². The number of nitrogens with zero attached hydrogens (tertiary/aromatic N) is 2. The lowest BCUT2D eigenvalue weighted by molar-refractivity contribution is -0.142. The molecule has 7 rings (SSSR count). The minimum Gasteiger partial charge on any atom is -0.503 e. The molecule has 8 nitrogen and oxygen atoms in total. The van der Waals surface area contributed by atoms with Gasteiger partial charge in [-0.05, 0) is 75.3 Å². The van der Waals surface area contributed by atoms with Gasteiger partial charge < -0.3 is 9.84 Å². The molecule has 4 aliphatic rings. The normalized spacial score (nSPS) is 28.6. The van der Waals surface area contributed by atoms with Crippen molar-refractivity contribution in [3.63, 3.8) is 0 Å². The largest absolute Gasteiger partial charge is 0.503 e. The average Bonchev–Trinajstić information content (AvgIpc) is 3.78. The third kappa shape index (κ3) is 4.19. The second kappa shape index (κ2) is 10.5. The Bertz CT molecular complexity index is 1630. The number of amides is 4. The van der Waals surface area contributed by atoms with Crippen molar-refractivity contribution in [2.75, 3.05) is 7.11 Å². The van der Waals surface area contributed by atoms with Crippen molar-refractivity contribution in [3.05, 3.63) is 78.6 Å². The molecular formula is C31H27BrN2O6S2. The van der Waals surface area contributed by atoms with Gasteiger partial charge in [0.2, 0.25) is 23.6 Å². The number of thiophene rings is 2. The van der Waals surface area contributed by atoms with Crippen LogP contribution in [0.4, 0.5) is 0 Å². The summed E-state index contributed by atoms with van der Waals surface area (Å²) in [6.07, 6.45) is 2.76. The first-order valence-corrected chi connectivity index (χ1v) is 16.3. The van der Waals surface area contributed by atoms with E-state index in [0.717, 1.165) is 15.3 Å². The van der Waals surface area contributed by atoms with E-state index < -0.39 is 29.6 Å². The van der Waals surface area contributed by atoms with E-state index in [1.54, 1.807) is 12.1 Å². The number of fused-ring (bicyclic) bond motifs is 4. The molecule has 1 N–H and O–H groups in total. The number of hydrogen-bond donors (Lipinski definition) is 1. The molecule has 1 saturated carbocycles. The summed E-state index contributed by atoms with van der Waals surface area (Å²) in [5.41, 5.74) is 1.63. The van der Waals surface area contributed by atoms with Crippen LogP contribution in [0.15, 0.2) is 63.3 Å². The second-order valence-electron chi connectivity index (χ2n) is 11.3. The zero-order valence-corrected chi connectivity index (χ0v) is 25.8. The first-order chi connectivity index (χ1) is 20.3. The van der Waals surface area contributed by atoms with Crippen LogP contribution in [0.2, 0.25) is 0 Å². The van der Waals surface area contributed by atoms with Crippen molar-refractivity contribution < 1.29 is 29.0 Å². The number of methoxy groups -OCH3 is 1. The lowest BCUT2D eigenvalue weighted by Crippen LogP contribution is -2.43. The molecule has 4 amide bonds. The van der Waals surface area contributed by atoms with E-state index >= 15 is 0 Å². The predicted octanol–water partition coefficient (Wildman–Crippen LogP) is 5.32. The summed E-state index contributed by atoms with van der Waals surface area (Å²) in [5, 5.41) is 14.4. The minimum absolute atomic E-state index is 0.0585. The third-order valence-corrected chi connectivity index (χ3v) is 11.6. The van der Waals surface area contributed by atoms with Crippen LogP contribution in [0, 0.1) is 29.6 Å². The van der Waals surface area contributed by atoms with Crippen molar-refractivity contribution in [1.29, 1.82) is 0 Å². The van der Waals surface area contributed by atoms with Crippen LogP contribution in [0.1, 0.15) is 34.1 Å². The van der Waals surface area contributed by atoms with E-state index in [1.807, 2.05) is 41.1 Å². The smallest absolute Gasteiger partial charge is 0.234 e. The maximum Gasteiger partial charge on any atom is 0.234 e. The molecule has 4 heterocycles. The number of allylic oxidation sites excluding steroid dienone is 2. The summed E-state index contributed by atoms with van der Waals surface area (Å²) in [5.74, 6) is -3.90. The quantitative estimate of drug-likeness (QED) is 0.282. The molecule has 2 aliphatic carbocycles. The number of rotatable bonds is 6. The Hall–Kier alpha value is -3.28. The molecule has 0 spiro atoms. The van der Waals surface area contributed by atoms with Gasteiger partial charge in [-0.25, -0.2) is 0 Å². The van der Waals surface area contributed by atoms with Crippen LogP contribution in [0.3, 0.4) is 0 Å². The van der Waals surface area contributed by atoms with Crippen molar-refractivity contribution in [3.8, 4) is 11.5 Å². The average molecular weight is 668 g/mol. The highest BCUT2D eigenvalue weighted by molar-refractivity contribution is 9.10. The number of phenolic OH excluding ortho intramolecular Hbond substituents is 1. The number of halogens is 1. The van der Waals surface area contributed by atoms with Crippen molar-refractivity contribution in [1.82, 2.24) is 9.80 Å². The fraction of sp³-hybridized carbons (Fsp3) is 0.355. The van der Waals surface area contributed by atoms with E-state index in [4.69, 9.17) is 4.74 Å². The van der Waals surface area contributed by atoms with E-state index in [1.165, 1.54) is 39.6 Å². The number of benzene rings is 1. The Balaban J connectivity index is 1.31. The maximum absolute atomic E-state index is 14.1. The molecule has 0 radical (unpaired) electrons. The predicted molar refractivity (Wildman–Crippen MR) is 160 cm³/mol. The molecule has 2 aliphatic heterocycles.